The van der Waals surface area contributed by atoms with Crippen LogP contribution in [0.25, 0.3) is 0 Å². The predicted molar refractivity (Wildman–Crippen MR) is 33.8 cm³/mol. The molecule has 3 nitrogen and oxygen atoms in total. The van der Waals surface area contributed by atoms with E-state index in [0.29, 0.717) is 0 Å². The number of aliphatic hydroxyl groups is 1. The number of morpholine rings is 1. The Labute approximate surface area is 55.2 Å². The third kappa shape index (κ3) is 2.30. The molecule has 0 atom stereocenters. The molecule has 0 aromatic rings. The van der Waals surface area contributed by atoms with Crippen LogP contribution in [0.3, 0.4) is 0 Å². The summed E-state index contributed by atoms with van der Waals surface area (Å²) >= 11 is 0. The number of hydrogen-bond donors (Lipinski definition) is 1. The number of aliphatic hydroxyl groups excluding tert-OH is 1. The van der Waals surface area contributed by atoms with Crippen molar-refractivity contribution in [2.24, 2.45) is 0 Å². The molecule has 1 rings (SSSR count). The van der Waals surface area contributed by atoms with Crippen molar-refractivity contribution < 1.29 is 9.84 Å². The van der Waals surface area contributed by atoms with Gasteiger partial charge in [-0.25, -0.2) is 0 Å². The fraction of sp³-hybridized carbons (Fsp3) is 0.833. The average Bonchev–Trinajstić information content (AvgIpc) is 1.91. The van der Waals surface area contributed by atoms with Crippen LogP contribution in [0.2, 0.25) is 0 Å². The zero-order chi connectivity index (χ0) is 6.53. The van der Waals surface area contributed by atoms with Crippen LogP contribution in [0.1, 0.15) is 0 Å². The number of hydrogen-bond acceptors (Lipinski definition) is 3. The fourth-order valence-corrected chi connectivity index (χ4v) is 0.876. The standard InChI is InChI=1S/C6H12NO2/c8-4-1-7-2-5-9-6-3-7/h1,8H,2-6H2. The summed E-state index contributed by atoms with van der Waals surface area (Å²) in [6.07, 6.45) is 0. The monoisotopic (exact) mass is 130 g/mol. The minimum absolute atomic E-state index is 0.139. The highest BCUT2D eigenvalue weighted by atomic mass is 16.5. The molecular formula is C6H12NO2. The largest absolute Gasteiger partial charge is 0.395 e. The molecule has 0 aromatic heterocycles. The second kappa shape index (κ2) is 3.82. The summed E-state index contributed by atoms with van der Waals surface area (Å²) in [5, 5.41) is 8.48. The van der Waals surface area contributed by atoms with Gasteiger partial charge < -0.3 is 9.84 Å². The molecule has 53 valence electrons. The molecule has 0 aliphatic carbocycles. The van der Waals surface area contributed by atoms with E-state index in [1.807, 2.05) is 0 Å². The lowest BCUT2D eigenvalue weighted by atomic mass is 10.4. The second-order valence-corrected chi connectivity index (χ2v) is 2.01. The van der Waals surface area contributed by atoms with Gasteiger partial charge in [0.05, 0.1) is 26.4 Å². The van der Waals surface area contributed by atoms with Gasteiger partial charge in [-0.15, -0.1) is 0 Å². The Hall–Kier alpha value is -0.120. The van der Waals surface area contributed by atoms with E-state index in [1.54, 1.807) is 6.54 Å². The van der Waals surface area contributed by atoms with Crippen LogP contribution in [-0.2, 0) is 4.74 Å². The Kier molecular flexibility index (Phi) is 2.97. The van der Waals surface area contributed by atoms with Crippen LogP contribution in [0.5, 0.6) is 0 Å². The summed E-state index contributed by atoms with van der Waals surface area (Å²) in [5.74, 6) is 0. The van der Waals surface area contributed by atoms with Crippen LogP contribution in [0, 0.1) is 6.54 Å². The maximum absolute atomic E-state index is 8.48. The van der Waals surface area contributed by atoms with Gasteiger partial charge in [0, 0.05) is 13.1 Å². The van der Waals surface area contributed by atoms with Crippen molar-refractivity contribution in [1.82, 2.24) is 4.90 Å². The van der Waals surface area contributed by atoms with E-state index in [9.17, 15) is 0 Å². The molecule has 0 amide bonds. The first-order valence-corrected chi connectivity index (χ1v) is 3.19. The fourth-order valence-electron chi connectivity index (χ4n) is 0.876. The van der Waals surface area contributed by atoms with E-state index in [4.69, 9.17) is 9.84 Å². The lowest BCUT2D eigenvalue weighted by molar-refractivity contribution is 0.0457. The molecule has 0 aromatic carbocycles. The molecule has 1 N–H and O–H groups in total. The Morgan fingerprint density at radius 1 is 1.44 bits per heavy atom. The number of rotatable bonds is 2. The third-order valence-electron chi connectivity index (χ3n) is 1.39. The smallest absolute Gasteiger partial charge is 0.0603 e. The molecule has 1 saturated heterocycles. The van der Waals surface area contributed by atoms with Gasteiger partial charge in [0.2, 0.25) is 0 Å². The van der Waals surface area contributed by atoms with Crippen molar-refractivity contribution >= 4 is 0 Å². The van der Waals surface area contributed by atoms with Gasteiger partial charge in [0.1, 0.15) is 0 Å². The van der Waals surface area contributed by atoms with Gasteiger partial charge >= 0.3 is 0 Å². The van der Waals surface area contributed by atoms with Gasteiger partial charge in [-0.1, -0.05) is 0 Å². The quantitative estimate of drug-likeness (QED) is 0.545. The zero-order valence-electron chi connectivity index (χ0n) is 5.42. The van der Waals surface area contributed by atoms with Gasteiger partial charge in [-0.05, 0) is 0 Å². The summed E-state index contributed by atoms with van der Waals surface area (Å²) in [5.41, 5.74) is 0. The van der Waals surface area contributed by atoms with E-state index in [2.05, 4.69) is 4.90 Å². The van der Waals surface area contributed by atoms with E-state index in [1.165, 1.54) is 0 Å². The molecule has 1 aliphatic rings. The third-order valence-corrected chi connectivity index (χ3v) is 1.39. The van der Waals surface area contributed by atoms with E-state index < -0.39 is 0 Å². The highest BCUT2D eigenvalue weighted by Gasteiger charge is 2.08. The Morgan fingerprint density at radius 2 is 2.11 bits per heavy atom. The van der Waals surface area contributed by atoms with Crippen molar-refractivity contribution in [2.75, 3.05) is 32.9 Å². The van der Waals surface area contributed by atoms with Gasteiger partial charge in [0.25, 0.3) is 0 Å². The molecule has 1 heterocycles. The van der Waals surface area contributed by atoms with Crippen LogP contribution < -0.4 is 0 Å². The van der Waals surface area contributed by atoms with Gasteiger partial charge in [-0.3, -0.25) is 4.90 Å². The van der Waals surface area contributed by atoms with Crippen molar-refractivity contribution in [3.63, 3.8) is 0 Å². The first-order chi connectivity index (χ1) is 4.43. The molecule has 0 unspecified atom stereocenters. The van der Waals surface area contributed by atoms with Crippen molar-refractivity contribution in [3.05, 3.63) is 6.54 Å². The van der Waals surface area contributed by atoms with Crippen molar-refractivity contribution in [1.29, 1.82) is 0 Å². The molecular weight excluding hydrogens is 118 g/mol. The number of nitrogens with zero attached hydrogens (tertiary/aromatic N) is 1. The first-order valence-electron chi connectivity index (χ1n) is 3.19. The van der Waals surface area contributed by atoms with Crippen molar-refractivity contribution in [3.8, 4) is 0 Å². The van der Waals surface area contributed by atoms with Crippen LogP contribution >= 0.6 is 0 Å². The lowest BCUT2D eigenvalue weighted by Gasteiger charge is -2.24. The Bertz CT molecular complexity index is 68.7. The highest BCUT2D eigenvalue weighted by Crippen LogP contribution is 1.97. The lowest BCUT2D eigenvalue weighted by Crippen LogP contribution is -2.35. The summed E-state index contributed by atoms with van der Waals surface area (Å²) in [6, 6.07) is 0. The average molecular weight is 130 g/mol. The normalized spacial score (nSPS) is 22.3. The van der Waals surface area contributed by atoms with Gasteiger partial charge in [-0.2, -0.15) is 0 Å². The van der Waals surface area contributed by atoms with E-state index in [0.717, 1.165) is 26.3 Å². The minimum Gasteiger partial charge on any atom is -0.395 e. The molecule has 1 radical (unpaired) electrons. The van der Waals surface area contributed by atoms with Crippen molar-refractivity contribution in [2.45, 2.75) is 0 Å². The molecule has 1 fully saturated rings. The van der Waals surface area contributed by atoms with E-state index in [-0.39, 0.29) is 6.61 Å². The molecule has 0 spiro atoms. The first kappa shape index (κ1) is 6.99. The molecule has 0 saturated carbocycles. The summed E-state index contributed by atoms with van der Waals surface area (Å²) in [4.78, 5) is 2.07. The second-order valence-electron chi connectivity index (χ2n) is 2.01. The molecule has 9 heavy (non-hydrogen) atoms. The van der Waals surface area contributed by atoms with Crippen LogP contribution in [-0.4, -0.2) is 42.9 Å². The minimum atomic E-state index is 0.139. The highest BCUT2D eigenvalue weighted by molar-refractivity contribution is 4.69. The summed E-state index contributed by atoms with van der Waals surface area (Å²) in [7, 11) is 0. The topological polar surface area (TPSA) is 32.7 Å². The SMILES string of the molecule is OC[CH]N1CCOCC1. The Morgan fingerprint density at radius 3 is 2.67 bits per heavy atom. The Balaban J connectivity index is 2.08. The van der Waals surface area contributed by atoms with E-state index >= 15 is 0 Å². The van der Waals surface area contributed by atoms with Crippen LogP contribution in [0.4, 0.5) is 0 Å². The summed E-state index contributed by atoms with van der Waals surface area (Å²) in [6.45, 7) is 5.34. The van der Waals surface area contributed by atoms with Gasteiger partial charge in [0.15, 0.2) is 0 Å². The number of ether oxygens (including phenoxy) is 1. The predicted octanol–water partition coefficient (Wildman–Crippen LogP) is -0.527. The van der Waals surface area contributed by atoms with Crippen LogP contribution in [0.15, 0.2) is 0 Å². The maximum atomic E-state index is 8.48. The zero-order valence-corrected chi connectivity index (χ0v) is 5.42. The molecule has 3 heteroatoms. The summed E-state index contributed by atoms with van der Waals surface area (Å²) < 4.78 is 5.10. The molecule has 0 bridgehead atoms. The maximum Gasteiger partial charge on any atom is 0.0603 e. The molecule has 1 aliphatic heterocycles.